The van der Waals surface area contributed by atoms with Gasteiger partial charge in [0.15, 0.2) is 22.8 Å². The zero-order valence-corrected chi connectivity index (χ0v) is 29.1. The standard InChI is InChI=1S/C40H40N10O3/c1-26-46-48-50(47-26)34-23-33(36(51)37(34)52)49-25-43-35-38(42-24-32(28-11-5-2-6-12-28)29-13-7-3-8-14-29)44-40(45-39(35)49)41-22-21-27-17-19-31(20-18-27)53-30-15-9-4-10-16-30/h2-20,25,32-34,36-37,51-52H,21-24H2,1H3,(H2,41,42,44,45)/t33-,34?,36+,37-/m1/s1. The van der Waals surface area contributed by atoms with E-state index in [1.165, 1.54) is 15.9 Å². The van der Waals surface area contributed by atoms with Crippen molar-refractivity contribution in [2.24, 2.45) is 0 Å². The summed E-state index contributed by atoms with van der Waals surface area (Å²) in [6.45, 7) is 2.85. The number of aliphatic hydroxyl groups is 2. The molecule has 0 aliphatic heterocycles. The second-order valence-electron chi connectivity index (χ2n) is 13.2. The Labute approximate surface area is 306 Å². The van der Waals surface area contributed by atoms with Gasteiger partial charge in [-0.25, -0.2) is 4.98 Å². The van der Waals surface area contributed by atoms with Crippen LogP contribution in [0.1, 0.15) is 46.9 Å². The summed E-state index contributed by atoms with van der Waals surface area (Å²) < 4.78 is 7.78. The fourth-order valence-corrected chi connectivity index (χ4v) is 6.96. The van der Waals surface area contributed by atoms with Gasteiger partial charge in [-0.05, 0) is 65.9 Å². The Hall–Kier alpha value is -6.18. The van der Waals surface area contributed by atoms with Crippen LogP contribution in [0.15, 0.2) is 122 Å². The molecule has 8 rings (SSSR count). The van der Waals surface area contributed by atoms with E-state index in [4.69, 9.17) is 19.7 Å². The Bertz CT molecular complexity index is 2210. The second kappa shape index (κ2) is 15.2. The Morgan fingerprint density at radius 3 is 2.08 bits per heavy atom. The number of nitrogens with zero attached hydrogens (tertiary/aromatic N) is 8. The third kappa shape index (κ3) is 7.43. The number of ether oxygens (including phenoxy) is 1. The van der Waals surface area contributed by atoms with Crippen LogP contribution in [0.2, 0.25) is 0 Å². The topological polar surface area (TPSA) is 161 Å². The lowest BCUT2D eigenvalue weighted by Crippen LogP contribution is -2.31. The summed E-state index contributed by atoms with van der Waals surface area (Å²) in [7, 11) is 0. The van der Waals surface area contributed by atoms with Crippen molar-refractivity contribution in [2.75, 3.05) is 23.7 Å². The van der Waals surface area contributed by atoms with Crippen LogP contribution in [-0.2, 0) is 6.42 Å². The van der Waals surface area contributed by atoms with E-state index in [2.05, 4.69) is 50.3 Å². The van der Waals surface area contributed by atoms with Gasteiger partial charge in [0.05, 0.1) is 12.4 Å². The highest BCUT2D eigenvalue weighted by Gasteiger charge is 2.45. The normalized spacial score (nSPS) is 18.4. The molecule has 0 spiro atoms. The molecular weight excluding hydrogens is 669 g/mol. The van der Waals surface area contributed by atoms with Crippen LogP contribution in [0.5, 0.6) is 11.5 Å². The van der Waals surface area contributed by atoms with E-state index in [0.29, 0.717) is 48.3 Å². The monoisotopic (exact) mass is 708 g/mol. The number of para-hydroxylation sites is 1. The van der Waals surface area contributed by atoms with E-state index < -0.39 is 24.3 Å². The van der Waals surface area contributed by atoms with Crippen LogP contribution in [-0.4, -0.2) is 75.2 Å². The number of tetrazole rings is 1. The number of anilines is 2. The van der Waals surface area contributed by atoms with Gasteiger partial charge in [-0.2, -0.15) is 14.8 Å². The SMILES string of the molecule is Cc1nnn(C2C[C@@H](n3cnc4c(NCC(c5ccccc5)c5ccccc5)nc(NCCc5ccc(Oc6ccccc6)cc5)nc43)[C@H](O)[C@@H]2O)n1. The first kappa shape index (κ1) is 33.9. The van der Waals surface area contributed by atoms with Gasteiger partial charge < -0.3 is 30.2 Å². The third-order valence-corrected chi connectivity index (χ3v) is 9.70. The van der Waals surface area contributed by atoms with Crippen LogP contribution in [0.3, 0.4) is 0 Å². The van der Waals surface area contributed by atoms with Crippen molar-refractivity contribution in [1.29, 1.82) is 0 Å². The predicted octanol–water partition coefficient (Wildman–Crippen LogP) is 5.72. The molecular formula is C40H40N10O3. The second-order valence-corrected chi connectivity index (χ2v) is 13.2. The average molecular weight is 709 g/mol. The van der Waals surface area contributed by atoms with Crippen molar-refractivity contribution in [3.63, 3.8) is 0 Å². The largest absolute Gasteiger partial charge is 0.457 e. The fraction of sp³-hybridized carbons (Fsp3) is 0.250. The average Bonchev–Trinajstić information content (AvgIpc) is 3.90. The summed E-state index contributed by atoms with van der Waals surface area (Å²) in [6.07, 6.45) is 0.514. The Morgan fingerprint density at radius 1 is 0.774 bits per heavy atom. The van der Waals surface area contributed by atoms with Crippen molar-refractivity contribution >= 4 is 22.9 Å². The number of fused-ring (bicyclic) bond motifs is 1. The maximum Gasteiger partial charge on any atom is 0.226 e. The molecule has 1 saturated carbocycles. The number of hydrogen-bond acceptors (Lipinski definition) is 11. The number of imidazole rings is 1. The van der Waals surface area contributed by atoms with Crippen LogP contribution < -0.4 is 15.4 Å². The Morgan fingerprint density at radius 2 is 1.42 bits per heavy atom. The maximum absolute atomic E-state index is 11.3. The zero-order valence-electron chi connectivity index (χ0n) is 29.1. The molecule has 1 aliphatic carbocycles. The van der Waals surface area contributed by atoms with Gasteiger partial charge in [-0.3, -0.25) is 0 Å². The molecule has 53 heavy (non-hydrogen) atoms. The molecule has 4 atom stereocenters. The van der Waals surface area contributed by atoms with E-state index in [1.807, 2.05) is 95.6 Å². The van der Waals surface area contributed by atoms with Crippen LogP contribution in [0.25, 0.3) is 11.2 Å². The van der Waals surface area contributed by atoms with E-state index >= 15 is 0 Å². The van der Waals surface area contributed by atoms with Crippen molar-refractivity contribution < 1.29 is 14.9 Å². The first-order valence-electron chi connectivity index (χ1n) is 17.8. The molecule has 1 aliphatic rings. The van der Waals surface area contributed by atoms with Crippen molar-refractivity contribution in [3.8, 4) is 11.5 Å². The maximum atomic E-state index is 11.3. The highest BCUT2D eigenvalue weighted by atomic mass is 16.5. The number of aromatic nitrogens is 8. The molecule has 13 nitrogen and oxygen atoms in total. The van der Waals surface area contributed by atoms with Crippen molar-refractivity contribution in [1.82, 2.24) is 39.7 Å². The van der Waals surface area contributed by atoms with Crippen LogP contribution in [0, 0.1) is 6.92 Å². The number of nitrogens with one attached hydrogen (secondary N) is 2. The van der Waals surface area contributed by atoms with Gasteiger partial charge in [0.2, 0.25) is 5.95 Å². The van der Waals surface area contributed by atoms with E-state index in [0.717, 1.165) is 23.5 Å². The number of aryl methyl sites for hydroxylation is 1. The van der Waals surface area contributed by atoms with E-state index in [1.54, 1.807) is 13.3 Å². The molecule has 0 amide bonds. The molecule has 3 heterocycles. The van der Waals surface area contributed by atoms with Gasteiger partial charge in [0.25, 0.3) is 0 Å². The quantitative estimate of drug-likeness (QED) is 0.116. The Balaban J connectivity index is 1.06. The summed E-state index contributed by atoms with van der Waals surface area (Å²) in [5, 5.41) is 41.7. The van der Waals surface area contributed by atoms with Crippen LogP contribution in [0.4, 0.5) is 11.8 Å². The number of rotatable bonds is 13. The molecule has 13 heteroatoms. The summed E-state index contributed by atoms with van der Waals surface area (Å²) in [6, 6.07) is 37.4. The third-order valence-electron chi connectivity index (χ3n) is 9.70. The van der Waals surface area contributed by atoms with Crippen molar-refractivity contribution in [2.45, 2.75) is 50.0 Å². The summed E-state index contributed by atoms with van der Waals surface area (Å²) in [5.41, 5.74) is 4.56. The summed E-state index contributed by atoms with van der Waals surface area (Å²) >= 11 is 0. The lowest BCUT2D eigenvalue weighted by atomic mass is 9.91. The minimum absolute atomic E-state index is 0.0425. The number of benzene rings is 4. The smallest absolute Gasteiger partial charge is 0.226 e. The number of aliphatic hydroxyl groups excluding tert-OH is 2. The van der Waals surface area contributed by atoms with Gasteiger partial charge in [-0.15, -0.1) is 10.2 Å². The molecule has 0 radical (unpaired) electrons. The molecule has 1 unspecified atom stereocenters. The molecule has 4 N–H and O–H groups in total. The molecule has 4 aromatic carbocycles. The molecule has 1 fully saturated rings. The summed E-state index contributed by atoms with van der Waals surface area (Å²) in [4.78, 5) is 16.0. The fourth-order valence-electron chi connectivity index (χ4n) is 6.96. The minimum Gasteiger partial charge on any atom is -0.457 e. The highest BCUT2D eigenvalue weighted by molar-refractivity contribution is 5.84. The molecule has 7 aromatic rings. The number of hydrogen-bond donors (Lipinski definition) is 4. The first-order valence-corrected chi connectivity index (χ1v) is 17.8. The van der Waals surface area contributed by atoms with Gasteiger partial charge in [0, 0.05) is 19.0 Å². The van der Waals surface area contributed by atoms with Crippen molar-refractivity contribution in [3.05, 3.63) is 144 Å². The predicted molar refractivity (Wildman–Crippen MR) is 201 cm³/mol. The van der Waals surface area contributed by atoms with E-state index in [-0.39, 0.29) is 5.92 Å². The molecule has 0 saturated heterocycles. The minimum atomic E-state index is -1.11. The highest BCUT2D eigenvalue weighted by Crippen LogP contribution is 2.39. The van der Waals surface area contributed by atoms with Gasteiger partial charge >= 0.3 is 0 Å². The zero-order chi connectivity index (χ0) is 36.1. The molecule has 0 bridgehead atoms. The first-order chi connectivity index (χ1) is 26.0. The molecule has 3 aromatic heterocycles. The van der Waals surface area contributed by atoms with Gasteiger partial charge in [-0.1, -0.05) is 91.0 Å². The summed E-state index contributed by atoms with van der Waals surface area (Å²) in [5.74, 6) is 3.07. The lowest BCUT2D eigenvalue weighted by molar-refractivity contribution is 0.00474. The van der Waals surface area contributed by atoms with Gasteiger partial charge in [0.1, 0.15) is 29.7 Å². The molecule has 268 valence electrons. The Kier molecular flexibility index (Phi) is 9.73. The lowest BCUT2D eigenvalue weighted by Gasteiger charge is -2.20. The van der Waals surface area contributed by atoms with Crippen LogP contribution >= 0.6 is 0 Å². The van der Waals surface area contributed by atoms with E-state index in [9.17, 15) is 10.2 Å².